The SMILES string of the molecule is CC(C)c1cc(C(C)C)c(C(C)C)c([N+](=O)[O-])c1N. The molecule has 1 rings (SSSR count). The molecule has 0 saturated carbocycles. The van der Waals surface area contributed by atoms with Gasteiger partial charge in [0.25, 0.3) is 5.69 Å². The summed E-state index contributed by atoms with van der Waals surface area (Å²) in [7, 11) is 0. The van der Waals surface area contributed by atoms with Crippen LogP contribution < -0.4 is 5.73 Å². The molecular weight excluding hydrogens is 240 g/mol. The lowest BCUT2D eigenvalue weighted by Gasteiger charge is -2.21. The summed E-state index contributed by atoms with van der Waals surface area (Å²) >= 11 is 0. The molecule has 0 unspecified atom stereocenters. The summed E-state index contributed by atoms with van der Waals surface area (Å²) in [6.45, 7) is 12.1. The second-order valence-electron chi connectivity index (χ2n) is 5.95. The molecule has 0 amide bonds. The maximum atomic E-state index is 11.4. The molecule has 1 aromatic rings. The van der Waals surface area contributed by atoms with E-state index in [1.807, 2.05) is 33.8 Å². The van der Waals surface area contributed by atoms with E-state index in [-0.39, 0.29) is 28.4 Å². The zero-order valence-corrected chi connectivity index (χ0v) is 12.7. The van der Waals surface area contributed by atoms with Crippen LogP contribution in [0.5, 0.6) is 0 Å². The quantitative estimate of drug-likeness (QED) is 0.493. The van der Waals surface area contributed by atoms with Crippen molar-refractivity contribution in [3.8, 4) is 0 Å². The fourth-order valence-electron chi connectivity index (χ4n) is 2.50. The van der Waals surface area contributed by atoms with E-state index in [4.69, 9.17) is 5.73 Å². The molecule has 0 aliphatic carbocycles. The lowest BCUT2D eigenvalue weighted by atomic mass is 9.84. The third-order valence-electron chi connectivity index (χ3n) is 3.45. The van der Waals surface area contributed by atoms with E-state index < -0.39 is 0 Å². The highest BCUT2D eigenvalue weighted by atomic mass is 16.6. The first kappa shape index (κ1) is 15.5. The Labute approximate surface area is 115 Å². The maximum Gasteiger partial charge on any atom is 0.296 e. The Morgan fingerprint density at radius 2 is 1.47 bits per heavy atom. The van der Waals surface area contributed by atoms with Crippen molar-refractivity contribution in [3.05, 3.63) is 32.9 Å². The molecule has 0 radical (unpaired) electrons. The monoisotopic (exact) mass is 264 g/mol. The van der Waals surface area contributed by atoms with Crippen LogP contribution in [-0.4, -0.2) is 4.92 Å². The number of nitrogens with two attached hydrogens (primary N) is 1. The van der Waals surface area contributed by atoms with Crippen molar-refractivity contribution in [3.63, 3.8) is 0 Å². The zero-order chi connectivity index (χ0) is 14.9. The van der Waals surface area contributed by atoms with Crippen LogP contribution in [0.2, 0.25) is 0 Å². The number of benzene rings is 1. The van der Waals surface area contributed by atoms with Crippen LogP contribution in [0, 0.1) is 10.1 Å². The van der Waals surface area contributed by atoms with Crippen LogP contribution in [0.25, 0.3) is 0 Å². The van der Waals surface area contributed by atoms with Crippen LogP contribution >= 0.6 is 0 Å². The highest BCUT2D eigenvalue weighted by Crippen LogP contribution is 2.42. The van der Waals surface area contributed by atoms with Gasteiger partial charge in [-0.3, -0.25) is 10.1 Å². The molecule has 0 atom stereocenters. The second-order valence-corrected chi connectivity index (χ2v) is 5.95. The third kappa shape index (κ3) is 2.88. The molecule has 0 spiro atoms. The molecule has 4 heteroatoms. The molecule has 0 aromatic heterocycles. The van der Waals surface area contributed by atoms with Gasteiger partial charge < -0.3 is 5.73 Å². The van der Waals surface area contributed by atoms with Crippen molar-refractivity contribution in [1.82, 2.24) is 0 Å². The van der Waals surface area contributed by atoms with Gasteiger partial charge in [0.05, 0.1) is 4.92 Å². The molecule has 0 heterocycles. The van der Waals surface area contributed by atoms with E-state index in [0.29, 0.717) is 5.69 Å². The van der Waals surface area contributed by atoms with Crippen LogP contribution in [0.4, 0.5) is 11.4 Å². The summed E-state index contributed by atoms with van der Waals surface area (Å²) in [4.78, 5) is 11.1. The van der Waals surface area contributed by atoms with E-state index in [0.717, 1.165) is 16.7 Å². The van der Waals surface area contributed by atoms with Gasteiger partial charge in [-0.1, -0.05) is 47.6 Å². The summed E-state index contributed by atoms with van der Waals surface area (Å²) in [6, 6.07) is 2.05. The average molecular weight is 264 g/mol. The summed E-state index contributed by atoms with van der Waals surface area (Å²) in [5, 5.41) is 11.4. The van der Waals surface area contributed by atoms with Crippen molar-refractivity contribution in [2.75, 3.05) is 5.73 Å². The first-order valence-electron chi connectivity index (χ1n) is 6.78. The van der Waals surface area contributed by atoms with E-state index in [1.165, 1.54) is 0 Å². The van der Waals surface area contributed by atoms with Gasteiger partial charge >= 0.3 is 0 Å². The Morgan fingerprint density at radius 3 is 1.79 bits per heavy atom. The molecular formula is C15H24N2O2. The lowest BCUT2D eigenvalue weighted by molar-refractivity contribution is -0.384. The van der Waals surface area contributed by atoms with Crippen LogP contribution in [0.3, 0.4) is 0 Å². The van der Waals surface area contributed by atoms with Crippen molar-refractivity contribution >= 4 is 11.4 Å². The van der Waals surface area contributed by atoms with Crippen molar-refractivity contribution in [2.24, 2.45) is 0 Å². The van der Waals surface area contributed by atoms with Gasteiger partial charge in [-0.15, -0.1) is 0 Å². The van der Waals surface area contributed by atoms with Gasteiger partial charge in [-0.2, -0.15) is 0 Å². The number of anilines is 1. The van der Waals surface area contributed by atoms with E-state index in [1.54, 1.807) is 0 Å². The number of nitrogens with zero attached hydrogens (tertiary/aromatic N) is 1. The molecule has 0 aliphatic rings. The average Bonchev–Trinajstić information content (AvgIpc) is 2.26. The van der Waals surface area contributed by atoms with E-state index >= 15 is 0 Å². The van der Waals surface area contributed by atoms with Crippen LogP contribution in [-0.2, 0) is 0 Å². The Bertz CT molecular complexity index is 491. The molecule has 0 fully saturated rings. The van der Waals surface area contributed by atoms with Gasteiger partial charge in [-0.05, 0) is 28.9 Å². The molecule has 2 N–H and O–H groups in total. The molecule has 0 bridgehead atoms. The minimum Gasteiger partial charge on any atom is -0.393 e. The summed E-state index contributed by atoms with van der Waals surface area (Å²) in [6.07, 6.45) is 0. The third-order valence-corrected chi connectivity index (χ3v) is 3.45. The van der Waals surface area contributed by atoms with Gasteiger partial charge in [0.2, 0.25) is 0 Å². The Morgan fingerprint density at radius 1 is 1.00 bits per heavy atom. The van der Waals surface area contributed by atoms with Gasteiger partial charge in [0, 0.05) is 5.56 Å². The Balaban J connectivity index is 3.78. The number of nitro benzene ring substituents is 1. The van der Waals surface area contributed by atoms with E-state index in [2.05, 4.69) is 13.8 Å². The maximum absolute atomic E-state index is 11.4. The minimum atomic E-state index is -0.331. The smallest absolute Gasteiger partial charge is 0.296 e. The molecule has 1 aromatic carbocycles. The summed E-state index contributed by atoms with van der Waals surface area (Å²) < 4.78 is 0. The number of nitrogen functional groups attached to an aromatic ring is 1. The minimum absolute atomic E-state index is 0.0845. The number of rotatable bonds is 4. The summed E-state index contributed by atoms with van der Waals surface area (Å²) in [5.41, 5.74) is 9.18. The normalized spacial score (nSPS) is 11.6. The van der Waals surface area contributed by atoms with Gasteiger partial charge in [-0.25, -0.2) is 0 Å². The van der Waals surface area contributed by atoms with Crippen LogP contribution in [0.1, 0.15) is 76.0 Å². The standard InChI is InChI=1S/C15H24N2O2/c1-8(2)11-7-12(9(3)4)14(16)15(17(18)19)13(11)10(5)6/h7-10H,16H2,1-6H3. The highest BCUT2D eigenvalue weighted by molar-refractivity contribution is 5.71. The lowest BCUT2D eigenvalue weighted by Crippen LogP contribution is -2.10. The molecule has 0 saturated heterocycles. The van der Waals surface area contributed by atoms with Crippen molar-refractivity contribution in [1.29, 1.82) is 0 Å². The van der Waals surface area contributed by atoms with Crippen molar-refractivity contribution in [2.45, 2.75) is 59.3 Å². The van der Waals surface area contributed by atoms with Gasteiger partial charge in [0.1, 0.15) is 5.69 Å². The predicted molar refractivity (Wildman–Crippen MR) is 79.8 cm³/mol. The van der Waals surface area contributed by atoms with Crippen molar-refractivity contribution < 1.29 is 4.92 Å². The molecule has 4 nitrogen and oxygen atoms in total. The fourth-order valence-corrected chi connectivity index (χ4v) is 2.50. The molecule has 0 aliphatic heterocycles. The first-order valence-corrected chi connectivity index (χ1v) is 6.78. The fraction of sp³-hybridized carbons (Fsp3) is 0.600. The first-order chi connectivity index (χ1) is 8.68. The van der Waals surface area contributed by atoms with Gasteiger partial charge in [0.15, 0.2) is 0 Å². The summed E-state index contributed by atoms with van der Waals surface area (Å²) in [5.74, 6) is 0.507. The highest BCUT2D eigenvalue weighted by Gasteiger charge is 2.28. The predicted octanol–water partition coefficient (Wildman–Crippen LogP) is 4.55. The molecule has 106 valence electrons. The number of nitro groups is 1. The molecule has 19 heavy (non-hydrogen) atoms. The Hall–Kier alpha value is -1.58. The largest absolute Gasteiger partial charge is 0.393 e. The zero-order valence-electron chi connectivity index (χ0n) is 12.7. The number of hydrogen-bond donors (Lipinski definition) is 1. The van der Waals surface area contributed by atoms with Crippen LogP contribution in [0.15, 0.2) is 6.07 Å². The second kappa shape index (κ2) is 5.59. The van der Waals surface area contributed by atoms with E-state index in [9.17, 15) is 10.1 Å². The topological polar surface area (TPSA) is 69.2 Å². The Kier molecular flexibility index (Phi) is 4.56. The number of hydrogen-bond acceptors (Lipinski definition) is 3.